The third kappa shape index (κ3) is 2.77. The van der Waals surface area contributed by atoms with Crippen LogP contribution in [0.1, 0.15) is 18.6 Å². The van der Waals surface area contributed by atoms with Gasteiger partial charge in [0, 0.05) is 6.04 Å². The summed E-state index contributed by atoms with van der Waals surface area (Å²) in [7, 11) is 0. The van der Waals surface area contributed by atoms with Crippen LogP contribution in [-0.2, 0) is 0 Å². The molecule has 0 spiro atoms. The fourth-order valence-electron chi connectivity index (χ4n) is 1.06. The van der Waals surface area contributed by atoms with Gasteiger partial charge in [-0.3, -0.25) is 0 Å². The first-order valence-corrected chi connectivity index (χ1v) is 4.04. The van der Waals surface area contributed by atoms with Crippen LogP contribution in [0, 0.1) is 0 Å². The number of rotatable bonds is 2. The third-order valence-corrected chi connectivity index (χ3v) is 1.89. The molecule has 0 unspecified atom stereocenters. The van der Waals surface area contributed by atoms with Crippen molar-refractivity contribution in [3.8, 4) is 5.75 Å². The monoisotopic (exact) mass is 218 g/mol. The van der Waals surface area contributed by atoms with Crippen molar-refractivity contribution in [2.45, 2.75) is 19.1 Å². The van der Waals surface area contributed by atoms with Gasteiger partial charge in [-0.25, -0.2) is 0 Å². The van der Waals surface area contributed by atoms with Gasteiger partial charge in [-0.2, -0.15) is 0 Å². The summed E-state index contributed by atoms with van der Waals surface area (Å²) >= 11 is 0. The Morgan fingerprint density at radius 3 is 2.36 bits per heavy atom. The number of aromatic hydroxyl groups is 1. The minimum absolute atomic E-state index is 0. The van der Waals surface area contributed by atoms with E-state index in [1.165, 1.54) is 12.1 Å². The van der Waals surface area contributed by atoms with Crippen molar-refractivity contribution in [1.29, 1.82) is 0 Å². The number of nitrogens with two attached hydrogens (primary N) is 2. The number of hydrogen-bond donors (Lipinski definition) is 4. The molecule has 0 saturated carbocycles. The fraction of sp³-hybridized carbons (Fsp3) is 0.333. The molecule has 0 fully saturated rings. The van der Waals surface area contributed by atoms with Crippen LogP contribution in [0.2, 0.25) is 0 Å². The molecule has 0 bridgehead atoms. The molecule has 0 aromatic heterocycles. The van der Waals surface area contributed by atoms with Crippen molar-refractivity contribution in [2.75, 3.05) is 5.73 Å². The first-order chi connectivity index (χ1) is 6.02. The van der Waals surface area contributed by atoms with Crippen LogP contribution in [0.25, 0.3) is 0 Å². The molecule has 6 N–H and O–H groups in total. The second-order valence-corrected chi connectivity index (χ2v) is 3.12. The van der Waals surface area contributed by atoms with E-state index in [9.17, 15) is 5.11 Å². The van der Waals surface area contributed by atoms with Crippen LogP contribution in [0.5, 0.6) is 5.75 Å². The maximum Gasteiger partial charge on any atom is 0.138 e. The van der Waals surface area contributed by atoms with Gasteiger partial charge >= 0.3 is 0 Å². The summed E-state index contributed by atoms with van der Waals surface area (Å²) in [5.41, 5.74) is 11.8. The molecule has 0 amide bonds. The maximum atomic E-state index is 9.55. The summed E-state index contributed by atoms with van der Waals surface area (Å²) in [5, 5.41) is 18.7. The van der Waals surface area contributed by atoms with E-state index in [-0.39, 0.29) is 29.9 Å². The Morgan fingerprint density at radius 2 is 1.93 bits per heavy atom. The molecule has 0 heterocycles. The number of anilines is 1. The Hall–Kier alpha value is -0.970. The summed E-state index contributed by atoms with van der Waals surface area (Å²) in [4.78, 5) is 0. The summed E-state index contributed by atoms with van der Waals surface area (Å²) in [5.74, 6) is 0.0145. The van der Waals surface area contributed by atoms with Crippen molar-refractivity contribution in [2.24, 2.45) is 5.73 Å². The topological polar surface area (TPSA) is 92.5 Å². The predicted octanol–water partition coefficient (Wildman–Crippen LogP) is 0.777. The van der Waals surface area contributed by atoms with E-state index in [2.05, 4.69) is 0 Å². The lowest BCUT2D eigenvalue weighted by atomic mass is 10.0. The maximum absolute atomic E-state index is 9.55. The standard InChI is InChI=1S/C9H14N2O2.ClH/c1-5(10)9(13)6-2-3-8(12)7(11)4-6;/h2-5,9,12-13H,10-11H2,1H3;1H/t5-,9-;/m1./s1. The summed E-state index contributed by atoms with van der Waals surface area (Å²) in [6, 6.07) is 4.20. The second-order valence-electron chi connectivity index (χ2n) is 3.12. The highest BCUT2D eigenvalue weighted by Gasteiger charge is 2.12. The molecular weight excluding hydrogens is 204 g/mol. The van der Waals surface area contributed by atoms with Crippen molar-refractivity contribution in [1.82, 2.24) is 0 Å². The van der Waals surface area contributed by atoms with E-state index in [1.807, 2.05) is 0 Å². The molecule has 14 heavy (non-hydrogen) atoms. The van der Waals surface area contributed by atoms with E-state index < -0.39 is 6.10 Å². The molecule has 0 aliphatic rings. The van der Waals surface area contributed by atoms with Crippen LogP contribution in [0.4, 0.5) is 5.69 Å². The minimum Gasteiger partial charge on any atom is -0.506 e. The Bertz CT molecular complexity index is 305. The first kappa shape index (κ1) is 13.0. The Labute approximate surface area is 88.9 Å². The van der Waals surface area contributed by atoms with Gasteiger partial charge in [0.15, 0.2) is 0 Å². The number of phenolic OH excluding ortho intramolecular Hbond substituents is 1. The van der Waals surface area contributed by atoms with Gasteiger partial charge in [0.25, 0.3) is 0 Å². The van der Waals surface area contributed by atoms with E-state index in [1.54, 1.807) is 13.0 Å². The number of phenols is 1. The molecule has 4 nitrogen and oxygen atoms in total. The van der Waals surface area contributed by atoms with Gasteiger partial charge < -0.3 is 21.7 Å². The molecule has 0 aliphatic heterocycles. The molecule has 0 radical (unpaired) electrons. The number of hydrogen-bond acceptors (Lipinski definition) is 4. The smallest absolute Gasteiger partial charge is 0.138 e. The zero-order valence-electron chi connectivity index (χ0n) is 7.84. The highest BCUT2D eigenvalue weighted by Crippen LogP contribution is 2.24. The number of aliphatic hydroxyl groups is 1. The normalized spacial score (nSPS) is 14.2. The average Bonchev–Trinajstić information content (AvgIpc) is 2.08. The minimum atomic E-state index is -0.747. The number of aliphatic hydroxyl groups excluding tert-OH is 1. The molecule has 5 heteroatoms. The van der Waals surface area contributed by atoms with Crippen LogP contribution in [-0.4, -0.2) is 16.3 Å². The summed E-state index contributed by atoms with van der Waals surface area (Å²) in [6.07, 6.45) is -0.747. The van der Waals surface area contributed by atoms with E-state index in [0.717, 1.165) is 0 Å². The zero-order valence-corrected chi connectivity index (χ0v) is 8.66. The lowest BCUT2D eigenvalue weighted by molar-refractivity contribution is 0.153. The van der Waals surface area contributed by atoms with Gasteiger partial charge in [-0.05, 0) is 24.6 Å². The van der Waals surface area contributed by atoms with Crippen LogP contribution >= 0.6 is 12.4 Å². The van der Waals surface area contributed by atoms with Gasteiger partial charge in [0.1, 0.15) is 5.75 Å². The highest BCUT2D eigenvalue weighted by molar-refractivity contribution is 5.85. The Kier molecular flexibility index (Phi) is 4.70. The summed E-state index contributed by atoms with van der Waals surface area (Å²) in [6.45, 7) is 1.70. The Balaban J connectivity index is 0.00000169. The molecule has 0 aliphatic carbocycles. The molecule has 1 rings (SSSR count). The number of benzene rings is 1. The van der Waals surface area contributed by atoms with Crippen LogP contribution in [0.3, 0.4) is 0 Å². The van der Waals surface area contributed by atoms with E-state index >= 15 is 0 Å². The van der Waals surface area contributed by atoms with Gasteiger partial charge in [-0.1, -0.05) is 6.07 Å². The fourth-order valence-corrected chi connectivity index (χ4v) is 1.06. The van der Waals surface area contributed by atoms with E-state index in [0.29, 0.717) is 5.56 Å². The second kappa shape index (κ2) is 5.05. The average molecular weight is 219 g/mol. The van der Waals surface area contributed by atoms with Crippen molar-refractivity contribution >= 4 is 18.1 Å². The Morgan fingerprint density at radius 1 is 1.36 bits per heavy atom. The zero-order chi connectivity index (χ0) is 10.0. The van der Waals surface area contributed by atoms with Crippen LogP contribution < -0.4 is 11.5 Å². The van der Waals surface area contributed by atoms with Gasteiger partial charge in [0.2, 0.25) is 0 Å². The highest BCUT2D eigenvalue weighted by atomic mass is 35.5. The lowest BCUT2D eigenvalue weighted by Gasteiger charge is -2.15. The molecule has 80 valence electrons. The third-order valence-electron chi connectivity index (χ3n) is 1.89. The van der Waals surface area contributed by atoms with E-state index in [4.69, 9.17) is 16.6 Å². The molecular formula is C9H15ClN2O2. The van der Waals surface area contributed by atoms with Gasteiger partial charge in [-0.15, -0.1) is 12.4 Å². The lowest BCUT2D eigenvalue weighted by Crippen LogP contribution is -2.24. The molecule has 1 aromatic carbocycles. The quantitative estimate of drug-likeness (QED) is 0.436. The van der Waals surface area contributed by atoms with Crippen molar-refractivity contribution in [3.63, 3.8) is 0 Å². The molecule has 1 aromatic rings. The largest absolute Gasteiger partial charge is 0.506 e. The SMILES string of the molecule is C[C@@H](N)[C@@H](O)c1ccc(O)c(N)c1.Cl. The van der Waals surface area contributed by atoms with Crippen LogP contribution in [0.15, 0.2) is 18.2 Å². The molecule has 2 atom stereocenters. The van der Waals surface area contributed by atoms with Gasteiger partial charge in [0.05, 0.1) is 11.8 Å². The van der Waals surface area contributed by atoms with Crippen molar-refractivity contribution in [3.05, 3.63) is 23.8 Å². The summed E-state index contributed by atoms with van der Waals surface area (Å²) < 4.78 is 0. The first-order valence-electron chi connectivity index (χ1n) is 4.04. The predicted molar refractivity (Wildman–Crippen MR) is 58.4 cm³/mol. The number of halogens is 1. The molecule has 0 saturated heterocycles. The number of nitrogen functional groups attached to an aromatic ring is 1. The van der Waals surface area contributed by atoms with Crippen molar-refractivity contribution < 1.29 is 10.2 Å².